The van der Waals surface area contributed by atoms with Crippen LogP contribution >= 0.6 is 11.6 Å². The molecule has 1 N–H and O–H groups in total. The minimum absolute atomic E-state index is 0.114. The Hall–Kier alpha value is -2.92. The minimum Gasteiger partial charge on any atom is -0.322 e. The maximum atomic E-state index is 13.0. The molecule has 2 aromatic rings. The van der Waals surface area contributed by atoms with Crippen LogP contribution in [0.1, 0.15) is 29.3 Å². The fourth-order valence-electron chi connectivity index (χ4n) is 5.21. The highest BCUT2D eigenvalue weighted by Gasteiger charge is 2.60. The number of nitrogens with one attached hydrogen (secondary N) is 1. The number of carbonyl (C=O) groups is 3. The molecule has 2 fully saturated rings. The maximum absolute atomic E-state index is 13.0. The quantitative estimate of drug-likeness (QED) is 0.582. The van der Waals surface area contributed by atoms with E-state index in [9.17, 15) is 14.4 Å². The molecule has 5 rings (SSSR count). The van der Waals surface area contributed by atoms with Crippen LogP contribution in [0.4, 0.5) is 11.4 Å². The molecule has 5 nitrogen and oxygen atoms in total. The first-order chi connectivity index (χ1) is 14.3. The first-order valence-electron chi connectivity index (χ1n) is 10.1. The van der Waals surface area contributed by atoms with Crippen LogP contribution in [0.2, 0.25) is 5.02 Å². The lowest BCUT2D eigenvalue weighted by Crippen LogP contribution is -2.33. The molecule has 1 saturated heterocycles. The lowest BCUT2D eigenvalue weighted by atomic mass is 9.82. The van der Waals surface area contributed by atoms with Crippen molar-refractivity contribution in [2.24, 2.45) is 23.7 Å². The van der Waals surface area contributed by atoms with Crippen molar-refractivity contribution >= 4 is 40.7 Å². The van der Waals surface area contributed by atoms with Crippen LogP contribution < -0.4 is 10.2 Å². The maximum Gasteiger partial charge on any atom is 0.255 e. The Morgan fingerprint density at radius 1 is 1.03 bits per heavy atom. The van der Waals surface area contributed by atoms with E-state index in [-0.39, 0.29) is 41.4 Å². The average molecular weight is 421 g/mol. The van der Waals surface area contributed by atoms with Gasteiger partial charge in [0.15, 0.2) is 0 Å². The Balaban J connectivity index is 1.36. The van der Waals surface area contributed by atoms with Gasteiger partial charge in [0, 0.05) is 16.3 Å². The van der Waals surface area contributed by atoms with E-state index < -0.39 is 0 Å². The van der Waals surface area contributed by atoms with Crippen LogP contribution in [0, 0.1) is 30.6 Å². The number of imide groups is 1. The Morgan fingerprint density at radius 2 is 1.73 bits per heavy atom. The van der Waals surface area contributed by atoms with E-state index in [1.807, 2.05) is 13.0 Å². The van der Waals surface area contributed by atoms with Crippen LogP contribution in [0.25, 0.3) is 0 Å². The number of nitrogens with zero attached hydrogens (tertiary/aromatic N) is 1. The standard InChI is InChI=1S/C24H21ClN2O3/c1-12-3-6-16(25)11-19(12)26-22(28)14-4-7-17(8-5-14)27-23(29)20-15-9-13(2)18(10-15)21(20)24(27)30/h3-9,11,15,18,20-21H,10H2,1-2H3,(H,26,28)/t15-,18+,20-,21+/m0/s1. The number of fused-ring (bicyclic) bond motifs is 5. The van der Waals surface area contributed by atoms with Gasteiger partial charge in [0.05, 0.1) is 17.5 Å². The molecular formula is C24H21ClN2O3. The van der Waals surface area contributed by atoms with Gasteiger partial charge in [-0.2, -0.15) is 0 Å². The number of anilines is 2. The van der Waals surface area contributed by atoms with Crippen LogP contribution in [-0.4, -0.2) is 17.7 Å². The third kappa shape index (κ3) is 2.80. The second-order valence-electron chi connectivity index (χ2n) is 8.44. The topological polar surface area (TPSA) is 66.5 Å². The summed E-state index contributed by atoms with van der Waals surface area (Å²) < 4.78 is 0. The molecular weight excluding hydrogens is 400 g/mol. The molecule has 1 aliphatic heterocycles. The van der Waals surface area contributed by atoms with Crippen LogP contribution in [0.15, 0.2) is 54.1 Å². The van der Waals surface area contributed by atoms with Gasteiger partial charge in [-0.25, -0.2) is 0 Å². The van der Waals surface area contributed by atoms with E-state index in [0.29, 0.717) is 22.0 Å². The number of allylic oxidation sites excluding steroid dienone is 2. The van der Waals surface area contributed by atoms with Gasteiger partial charge in [-0.05, 0) is 74.1 Å². The molecule has 6 heteroatoms. The van der Waals surface area contributed by atoms with E-state index in [1.54, 1.807) is 36.4 Å². The molecule has 152 valence electrons. The van der Waals surface area contributed by atoms with Crippen molar-refractivity contribution < 1.29 is 14.4 Å². The summed E-state index contributed by atoms with van der Waals surface area (Å²) in [5.41, 5.74) is 3.74. The van der Waals surface area contributed by atoms with Crippen molar-refractivity contribution in [2.75, 3.05) is 10.2 Å². The third-order valence-electron chi connectivity index (χ3n) is 6.72. The molecule has 0 aromatic heterocycles. The highest BCUT2D eigenvalue weighted by molar-refractivity contribution is 6.31. The summed E-state index contributed by atoms with van der Waals surface area (Å²) in [5.74, 6) is -0.619. The molecule has 1 heterocycles. The number of rotatable bonds is 3. The molecule has 3 aliphatic rings. The summed E-state index contributed by atoms with van der Waals surface area (Å²) in [5, 5.41) is 3.40. The Kier molecular flexibility index (Phi) is 4.33. The second-order valence-corrected chi connectivity index (χ2v) is 8.88. The van der Waals surface area contributed by atoms with Crippen LogP contribution in [0.3, 0.4) is 0 Å². The number of benzene rings is 2. The zero-order valence-corrected chi connectivity index (χ0v) is 17.4. The molecule has 30 heavy (non-hydrogen) atoms. The molecule has 0 radical (unpaired) electrons. The van der Waals surface area contributed by atoms with Gasteiger partial charge in [-0.3, -0.25) is 19.3 Å². The van der Waals surface area contributed by atoms with E-state index in [1.165, 1.54) is 10.5 Å². The predicted octanol–water partition coefficient (Wildman–Crippen LogP) is 4.60. The first kappa shape index (κ1) is 19.1. The molecule has 1 saturated carbocycles. The van der Waals surface area contributed by atoms with Crippen LogP contribution in [-0.2, 0) is 9.59 Å². The minimum atomic E-state index is -0.277. The number of hydrogen-bond acceptors (Lipinski definition) is 3. The van der Waals surface area contributed by atoms with Gasteiger partial charge in [0.1, 0.15) is 0 Å². The number of carbonyl (C=O) groups excluding carboxylic acids is 3. The number of aryl methyl sites for hydroxylation is 1. The zero-order valence-electron chi connectivity index (χ0n) is 16.7. The highest BCUT2D eigenvalue weighted by Crippen LogP contribution is 2.55. The van der Waals surface area contributed by atoms with Gasteiger partial charge in [0.2, 0.25) is 11.8 Å². The predicted molar refractivity (Wildman–Crippen MR) is 115 cm³/mol. The summed E-state index contributed by atoms with van der Waals surface area (Å²) in [6, 6.07) is 11.9. The van der Waals surface area contributed by atoms with Gasteiger partial charge >= 0.3 is 0 Å². The van der Waals surface area contributed by atoms with Crippen molar-refractivity contribution in [3.8, 4) is 0 Å². The summed E-state index contributed by atoms with van der Waals surface area (Å²) in [7, 11) is 0. The summed E-state index contributed by atoms with van der Waals surface area (Å²) in [6.07, 6.45) is 3.07. The summed E-state index contributed by atoms with van der Waals surface area (Å²) in [4.78, 5) is 40.0. The molecule has 2 bridgehead atoms. The fraction of sp³-hybridized carbons (Fsp3) is 0.292. The van der Waals surface area contributed by atoms with E-state index in [4.69, 9.17) is 11.6 Å². The first-order valence-corrected chi connectivity index (χ1v) is 10.5. The van der Waals surface area contributed by atoms with E-state index in [0.717, 1.165) is 12.0 Å². The molecule has 2 aromatic carbocycles. The fourth-order valence-corrected chi connectivity index (χ4v) is 5.39. The van der Waals surface area contributed by atoms with Crippen molar-refractivity contribution in [2.45, 2.75) is 20.3 Å². The van der Waals surface area contributed by atoms with Crippen molar-refractivity contribution in [3.63, 3.8) is 0 Å². The Labute approximate surface area is 179 Å². The van der Waals surface area contributed by atoms with E-state index >= 15 is 0 Å². The molecule has 2 aliphatic carbocycles. The second kappa shape index (κ2) is 6.81. The third-order valence-corrected chi connectivity index (χ3v) is 6.95. The normalized spacial score (nSPS) is 26.8. The van der Waals surface area contributed by atoms with Gasteiger partial charge in [-0.15, -0.1) is 0 Å². The smallest absolute Gasteiger partial charge is 0.255 e. The van der Waals surface area contributed by atoms with Gasteiger partial charge in [-0.1, -0.05) is 29.3 Å². The van der Waals surface area contributed by atoms with Crippen molar-refractivity contribution in [1.29, 1.82) is 0 Å². The lowest BCUT2D eigenvalue weighted by molar-refractivity contribution is -0.123. The van der Waals surface area contributed by atoms with Gasteiger partial charge < -0.3 is 5.32 Å². The Morgan fingerprint density at radius 3 is 2.47 bits per heavy atom. The summed E-state index contributed by atoms with van der Waals surface area (Å²) >= 11 is 6.02. The molecule has 0 spiro atoms. The van der Waals surface area contributed by atoms with Crippen molar-refractivity contribution in [1.82, 2.24) is 0 Å². The summed E-state index contributed by atoms with van der Waals surface area (Å²) in [6.45, 7) is 3.94. The molecule has 0 unspecified atom stereocenters. The van der Waals surface area contributed by atoms with E-state index in [2.05, 4.69) is 18.3 Å². The number of hydrogen-bond donors (Lipinski definition) is 1. The van der Waals surface area contributed by atoms with Gasteiger partial charge in [0.25, 0.3) is 5.91 Å². The lowest BCUT2D eigenvalue weighted by Gasteiger charge is -2.19. The number of amides is 3. The monoisotopic (exact) mass is 420 g/mol. The average Bonchev–Trinajstić information content (AvgIpc) is 3.35. The highest BCUT2D eigenvalue weighted by atomic mass is 35.5. The van der Waals surface area contributed by atoms with Crippen molar-refractivity contribution in [3.05, 3.63) is 70.3 Å². The van der Waals surface area contributed by atoms with Crippen LogP contribution in [0.5, 0.6) is 0 Å². The largest absolute Gasteiger partial charge is 0.322 e. The molecule has 3 amide bonds. The number of halogens is 1. The molecule has 4 atom stereocenters. The SMILES string of the molecule is CC1=C[C@H]2C[C@H]1[C@H]1C(=O)N(c3ccc(C(=O)Nc4cc(Cl)ccc4C)cc3)C(=O)[C@H]12. The zero-order chi connectivity index (χ0) is 21.2. The Bertz CT molecular complexity index is 1120.